The van der Waals surface area contributed by atoms with Gasteiger partial charge in [-0.2, -0.15) is 0 Å². The van der Waals surface area contributed by atoms with Gasteiger partial charge in [0.1, 0.15) is 0 Å². The second kappa shape index (κ2) is 8.76. The fourth-order valence-electron chi connectivity index (χ4n) is 3.83. The first-order valence-electron chi connectivity index (χ1n) is 10.3. The summed E-state index contributed by atoms with van der Waals surface area (Å²) in [5, 5.41) is 11.8. The van der Waals surface area contributed by atoms with Gasteiger partial charge in [0.2, 0.25) is 5.91 Å². The topological polar surface area (TPSA) is 79.3 Å². The third-order valence-electron chi connectivity index (χ3n) is 5.69. The summed E-state index contributed by atoms with van der Waals surface area (Å²) < 4.78 is 0. The number of amides is 1. The van der Waals surface area contributed by atoms with Gasteiger partial charge in [-0.3, -0.25) is 14.6 Å². The predicted octanol–water partition coefficient (Wildman–Crippen LogP) is 5.48. The van der Waals surface area contributed by atoms with Crippen LogP contribution in [0.25, 0.3) is 11.3 Å². The van der Waals surface area contributed by atoms with Crippen LogP contribution in [0.2, 0.25) is 0 Å². The van der Waals surface area contributed by atoms with Crippen LogP contribution in [-0.2, 0) is 9.59 Å². The van der Waals surface area contributed by atoms with Crippen molar-refractivity contribution >= 4 is 17.6 Å². The first kappa shape index (κ1) is 21.0. The Morgan fingerprint density at radius 1 is 1.03 bits per heavy atom. The average Bonchev–Trinajstić information content (AvgIpc) is 2.68. The molecule has 0 unspecified atom stereocenters. The van der Waals surface area contributed by atoms with Gasteiger partial charge in [-0.15, -0.1) is 0 Å². The number of carbonyl (C=O) groups is 2. The summed E-state index contributed by atoms with van der Waals surface area (Å²) >= 11 is 0. The standard InChI is InChI=1S/C24H30N2O3/c1-24(2,3)23(29)26-20-12-13-21(25-15-20)19-10-8-18(9-11-19)17-6-4-16(5-7-17)14-22(27)28/h8-13,15-17H,4-7,14H2,1-3H3,(H,26,29)(H,27,28)/t16-,17+. The smallest absolute Gasteiger partial charge is 0.303 e. The minimum Gasteiger partial charge on any atom is -0.481 e. The molecule has 0 radical (unpaired) electrons. The van der Waals surface area contributed by atoms with Crippen LogP contribution in [0.4, 0.5) is 5.69 Å². The van der Waals surface area contributed by atoms with E-state index < -0.39 is 11.4 Å². The second-order valence-electron chi connectivity index (χ2n) is 9.07. The molecule has 29 heavy (non-hydrogen) atoms. The van der Waals surface area contributed by atoms with E-state index in [0.717, 1.165) is 36.9 Å². The van der Waals surface area contributed by atoms with E-state index in [-0.39, 0.29) is 5.91 Å². The lowest BCUT2D eigenvalue weighted by Gasteiger charge is -2.28. The number of anilines is 1. The molecule has 1 aliphatic carbocycles. The van der Waals surface area contributed by atoms with Gasteiger partial charge in [0.15, 0.2) is 0 Å². The Balaban J connectivity index is 1.60. The molecule has 3 rings (SSSR count). The van der Waals surface area contributed by atoms with Crippen LogP contribution in [0.15, 0.2) is 42.6 Å². The predicted molar refractivity (Wildman–Crippen MR) is 115 cm³/mol. The highest BCUT2D eigenvalue weighted by Gasteiger charge is 2.24. The molecule has 0 atom stereocenters. The van der Waals surface area contributed by atoms with Crippen LogP contribution < -0.4 is 5.32 Å². The molecule has 1 amide bonds. The van der Waals surface area contributed by atoms with Crippen molar-refractivity contribution in [1.29, 1.82) is 0 Å². The zero-order valence-electron chi connectivity index (χ0n) is 17.4. The maximum absolute atomic E-state index is 12.1. The molecule has 5 heteroatoms. The number of carbonyl (C=O) groups excluding carboxylic acids is 1. The molecule has 0 saturated heterocycles. The number of benzene rings is 1. The number of pyridine rings is 1. The van der Waals surface area contributed by atoms with Crippen LogP contribution in [0, 0.1) is 11.3 Å². The molecule has 1 aliphatic rings. The molecule has 1 aromatic heterocycles. The van der Waals surface area contributed by atoms with Crippen molar-refractivity contribution in [2.75, 3.05) is 5.32 Å². The normalized spacial score (nSPS) is 19.6. The fraction of sp³-hybridized carbons (Fsp3) is 0.458. The summed E-state index contributed by atoms with van der Waals surface area (Å²) in [5.74, 6) is 0.116. The van der Waals surface area contributed by atoms with Crippen LogP contribution in [0.1, 0.15) is 64.4 Å². The number of nitrogens with one attached hydrogen (secondary N) is 1. The van der Waals surface area contributed by atoms with Crippen LogP contribution in [0.3, 0.4) is 0 Å². The quantitative estimate of drug-likeness (QED) is 0.703. The Hall–Kier alpha value is -2.69. The van der Waals surface area contributed by atoms with Crippen LogP contribution in [-0.4, -0.2) is 22.0 Å². The summed E-state index contributed by atoms with van der Waals surface area (Å²) in [4.78, 5) is 27.5. The van der Waals surface area contributed by atoms with Gasteiger partial charge in [0.25, 0.3) is 0 Å². The van der Waals surface area contributed by atoms with Crippen molar-refractivity contribution in [3.63, 3.8) is 0 Å². The number of nitrogens with zero attached hydrogens (tertiary/aromatic N) is 1. The third-order valence-corrected chi connectivity index (χ3v) is 5.69. The minimum atomic E-state index is -0.686. The second-order valence-corrected chi connectivity index (χ2v) is 9.07. The van der Waals surface area contributed by atoms with Crippen molar-refractivity contribution in [2.24, 2.45) is 11.3 Å². The van der Waals surface area contributed by atoms with Crippen LogP contribution in [0.5, 0.6) is 0 Å². The highest BCUT2D eigenvalue weighted by molar-refractivity contribution is 5.94. The van der Waals surface area contributed by atoms with Gasteiger partial charge in [-0.25, -0.2) is 0 Å². The number of aliphatic carboxylic acids is 1. The number of carboxylic acid groups (broad SMARTS) is 1. The first-order chi connectivity index (χ1) is 13.7. The number of carboxylic acids is 1. The molecular weight excluding hydrogens is 364 g/mol. The van der Waals surface area contributed by atoms with Gasteiger partial charge in [-0.05, 0) is 55.2 Å². The Kier molecular flexibility index (Phi) is 6.36. The van der Waals surface area contributed by atoms with E-state index in [9.17, 15) is 9.59 Å². The summed E-state index contributed by atoms with van der Waals surface area (Å²) in [6, 6.07) is 12.3. The van der Waals surface area contributed by atoms with Crippen molar-refractivity contribution in [2.45, 2.75) is 58.8 Å². The van der Waals surface area contributed by atoms with E-state index in [0.29, 0.717) is 23.9 Å². The Morgan fingerprint density at radius 3 is 2.21 bits per heavy atom. The molecule has 1 saturated carbocycles. The Bertz CT molecular complexity index is 843. The number of hydrogen-bond donors (Lipinski definition) is 2. The van der Waals surface area contributed by atoms with E-state index in [1.165, 1.54) is 5.56 Å². The Morgan fingerprint density at radius 2 is 1.69 bits per heavy atom. The van der Waals surface area contributed by atoms with E-state index >= 15 is 0 Å². The zero-order chi connectivity index (χ0) is 21.0. The summed E-state index contributed by atoms with van der Waals surface area (Å²) in [6.07, 6.45) is 6.07. The third kappa shape index (κ3) is 5.66. The molecule has 0 aliphatic heterocycles. The zero-order valence-corrected chi connectivity index (χ0v) is 17.4. The molecule has 1 fully saturated rings. The van der Waals surface area contributed by atoms with E-state index in [2.05, 4.69) is 34.6 Å². The molecule has 5 nitrogen and oxygen atoms in total. The number of hydrogen-bond acceptors (Lipinski definition) is 3. The average molecular weight is 395 g/mol. The minimum absolute atomic E-state index is 0.0329. The molecule has 2 N–H and O–H groups in total. The molecule has 1 heterocycles. The lowest BCUT2D eigenvalue weighted by Crippen LogP contribution is -2.27. The van der Waals surface area contributed by atoms with Crippen LogP contribution >= 0.6 is 0 Å². The van der Waals surface area contributed by atoms with Crippen molar-refractivity contribution in [3.05, 3.63) is 48.2 Å². The van der Waals surface area contributed by atoms with Gasteiger partial charge in [0.05, 0.1) is 17.6 Å². The number of rotatable bonds is 5. The van der Waals surface area contributed by atoms with Gasteiger partial charge in [0, 0.05) is 17.4 Å². The highest BCUT2D eigenvalue weighted by Crippen LogP contribution is 2.37. The summed E-state index contributed by atoms with van der Waals surface area (Å²) in [6.45, 7) is 5.64. The Labute approximate surface area is 172 Å². The molecule has 154 valence electrons. The maximum Gasteiger partial charge on any atom is 0.303 e. The lowest BCUT2D eigenvalue weighted by atomic mass is 9.77. The lowest BCUT2D eigenvalue weighted by molar-refractivity contribution is -0.138. The largest absolute Gasteiger partial charge is 0.481 e. The highest BCUT2D eigenvalue weighted by atomic mass is 16.4. The monoisotopic (exact) mass is 394 g/mol. The fourth-order valence-corrected chi connectivity index (χ4v) is 3.83. The van der Waals surface area contributed by atoms with E-state index in [4.69, 9.17) is 5.11 Å². The molecule has 0 spiro atoms. The molecular formula is C24H30N2O3. The SMILES string of the molecule is CC(C)(C)C(=O)Nc1ccc(-c2ccc([C@H]3CC[C@@H](CC(=O)O)CC3)cc2)nc1. The summed E-state index contributed by atoms with van der Waals surface area (Å²) in [5.41, 5.74) is 3.49. The summed E-state index contributed by atoms with van der Waals surface area (Å²) in [7, 11) is 0. The van der Waals surface area contributed by atoms with E-state index in [1.807, 2.05) is 32.9 Å². The van der Waals surface area contributed by atoms with E-state index in [1.54, 1.807) is 6.20 Å². The molecule has 1 aromatic carbocycles. The van der Waals surface area contributed by atoms with Crippen molar-refractivity contribution < 1.29 is 14.7 Å². The first-order valence-corrected chi connectivity index (χ1v) is 10.3. The molecule has 2 aromatic rings. The van der Waals surface area contributed by atoms with Gasteiger partial charge in [-0.1, -0.05) is 45.0 Å². The van der Waals surface area contributed by atoms with Gasteiger partial charge < -0.3 is 10.4 Å². The van der Waals surface area contributed by atoms with Gasteiger partial charge >= 0.3 is 5.97 Å². The molecule has 0 bridgehead atoms. The maximum atomic E-state index is 12.1. The van der Waals surface area contributed by atoms with Crippen molar-refractivity contribution in [3.8, 4) is 11.3 Å². The van der Waals surface area contributed by atoms with Crippen molar-refractivity contribution in [1.82, 2.24) is 4.98 Å². The number of aromatic nitrogens is 1.